The van der Waals surface area contributed by atoms with E-state index in [2.05, 4.69) is 157 Å². The number of para-hydroxylation sites is 2. The van der Waals surface area contributed by atoms with Crippen LogP contribution < -0.4 is 11.3 Å². The van der Waals surface area contributed by atoms with E-state index in [9.17, 15) is 9.59 Å². The highest BCUT2D eigenvalue weighted by atomic mass is 79.9. The first kappa shape index (κ1) is 46.4. The van der Waals surface area contributed by atoms with Crippen LogP contribution in [0, 0.1) is 0 Å². The van der Waals surface area contributed by atoms with E-state index in [4.69, 9.17) is 23.8 Å². The Morgan fingerprint density at radius 2 is 0.877 bits per heavy atom. The third kappa shape index (κ3) is 9.27. The van der Waals surface area contributed by atoms with Gasteiger partial charge < -0.3 is 8.83 Å². The molecule has 0 N–H and O–H groups in total. The van der Waals surface area contributed by atoms with Gasteiger partial charge >= 0.3 is 11.3 Å². The first-order valence-corrected chi connectivity index (χ1v) is 26.2. The number of hydrogen-bond acceptors (Lipinski definition) is 7. The fourth-order valence-electron chi connectivity index (χ4n) is 9.86. The Hall–Kier alpha value is -7.63. The van der Waals surface area contributed by atoms with Crippen LogP contribution in [0.25, 0.3) is 99.5 Å². The number of rotatable bonds is 11. The molecule has 0 amide bonds. The topological polar surface area (TPSA) is 99.1 Å². The molecule has 7 nitrogen and oxygen atoms in total. The zero-order chi connectivity index (χ0) is 49.6. The fraction of sp³-hybridized carbons (Fsp3) is 0.0635. The molecule has 0 aliphatic carbocycles. The minimum absolute atomic E-state index is 0.419. The summed E-state index contributed by atoms with van der Waals surface area (Å²) in [6, 6.07) is 60.2. The van der Waals surface area contributed by atoms with Gasteiger partial charge in [-0.2, -0.15) is 0 Å². The van der Waals surface area contributed by atoms with Crippen LogP contribution in [0.1, 0.15) is 22.3 Å². The standard InChI is InChI=1S/C63H40Br3N3O4/c64-46-12-6-11-44(32-46)57-33-51(43-25-23-42(24-26-43)41-9-2-1-3-10-41)54(36-67-57)48-14-5-4-13-47(48)45-28-37(19-21-39-30-52-58(68-34-39)49-15-7-17-55(65)60(49)72-62(52)70)27-38(29-45)20-22-40-31-53-59(69-35-40)50-16-8-18-56(66)61(50)73-63(53)71/h1-18,23-36H,19-22H2. The number of benzene rings is 7. The van der Waals surface area contributed by atoms with Crippen LogP contribution in [0.3, 0.4) is 0 Å². The van der Waals surface area contributed by atoms with Gasteiger partial charge in [0, 0.05) is 45.0 Å². The number of aromatic nitrogens is 3. The molecule has 0 fully saturated rings. The van der Waals surface area contributed by atoms with Crippen LogP contribution in [-0.2, 0) is 25.7 Å². The summed E-state index contributed by atoms with van der Waals surface area (Å²) in [6.45, 7) is 0. The van der Waals surface area contributed by atoms with Gasteiger partial charge in [0.15, 0.2) is 11.2 Å². The first-order valence-electron chi connectivity index (χ1n) is 23.9. The normalized spacial score (nSPS) is 11.5. The summed E-state index contributed by atoms with van der Waals surface area (Å²) in [7, 11) is 0. The van der Waals surface area contributed by atoms with Gasteiger partial charge in [0.2, 0.25) is 0 Å². The number of pyridine rings is 3. The fourth-order valence-corrected chi connectivity index (χ4v) is 11.2. The van der Waals surface area contributed by atoms with Crippen molar-refractivity contribution in [2.24, 2.45) is 0 Å². The van der Waals surface area contributed by atoms with E-state index in [-0.39, 0.29) is 0 Å². The number of hydrogen-bond donors (Lipinski definition) is 0. The van der Waals surface area contributed by atoms with E-state index in [1.807, 2.05) is 85.3 Å². The van der Waals surface area contributed by atoms with Crippen LogP contribution in [0.4, 0.5) is 0 Å². The van der Waals surface area contributed by atoms with Crippen molar-refractivity contribution < 1.29 is 8.83 Å². The molecule has 7 aromatic carbocycles. The average Bonchev–Trinajstić information content (AvgIpc) is 3.43. The maximum absolute atomic E-state index is 13.3. The minimum Gasteiger partial charge on any atom is -0.421 e. The van der Waals surface area contributed by atoms with Gasteiger partial charge in [-0.1, -0.05) is 137 Å². The zero-order valence-electron chi connectivity index (χ0n) is 38.9. The Balaban J connectivity index is 0.946. The van der Waals surface area contributed by atoms with Crippen molar-refractivity contribution in [3.63, 3.8) is 0 Å². The van der Waals surface area contributed by atoms with Crippen molar-refractivity contribution in [3.05, 3.63) is 251 Å². The van der Waals surface area contributed by atoms with E-state index in [0.29, 0.717) is 67.6 Å². The molecule has 5 aromatic heterocycles. The molecule has 0 unspecified atom stereocenters. The van der Waals surface area contributed by atoms with Gasteiger partial charge in [0.25, 0.3) is 0 Å². The van der Waals surface area contributed by atoms with Crippen molar-refractivity contribution in [3.8, 4) is 55.8 Å². The molecule has 0 aliphatic heterocycles. The highest BCUT2D eigenvalue weighted by Gasteiger charge is 2.19. The molecule has 352 valence electrons. The number of fused-ring (bicyclic) bond motifs is 6. The van der Waals surface area contributed by atoms with Crippen molar-refractivity contribution in [1.82, 2.24) is 15.0 Å². The second-order valence-electron chi connectivity index (χ2n) is 18.1. The second kappa shape index (κ2) is 19.8. The Labute approximate surface area is 444 Å². The van der Waals surface area contributed by atoms with Gasteiger partial charge in [-0.15, -0.1) is 0 Å². The molecular formula is C63H40Br3N3O4. The molecule has 0 spiro atoms. The van der Waals surface area contributed by atoms with Crippen molar-refractivity contribution in [2.75, 3.05) is 0 Å². The summed E-state index contributed by atoms with van der Waals surface area (Å²) < 4.78 is 14.0. The minimum atomic E-state index is -0.419. The highest BCUT2D eigenvalue weighted by molar-refractivity contribution is 9.11. The highest BCUT2D eigenvalue weighted by Crippen LogP contribution is 2.41. The molecule has 0 aliphatic rings. The summed E-state index contributed by atoms with van der Waals surface area (Å²) in [5.41, 5.74) is 16.0. The Bertz CT molecular complexity index is 4090. The zero-order valence-corrected chi connectivity index (χ0v) is 43.7. The van der Waals surface area contributed by atoms with Crippen molar-refractivity contribution in [1.29, 1.82) is 0 Å². The number of halogens is 3. The Kier molecular flexibility index (Phi) is 12.6. The predicted molar refractivity (Wildman–Crippen MR) is 305 cm³/mol. The molecule has 5 heterocycles. The van der Waals surface area contributed by atoms with Gasteiger partial charge in [-0.25, -0.2) is 9.59 Å². The van der Waals surface area contributed by atoms with Crippen LogP contribution in [-0.4, -0.2) is 15.0 Å². The maximum Gasteiger partial charge on any atom is 0.345 e. The van der Waals surface area contributed by atoms with Gasteiger partial charge in [-0.05, 0) is 173 Å². The molecule has 12 aromatic rings. The molecule has 12 rings (SSSR count). The number of nitrogens with zero attached hydrogens (tertiary/aromatic N) is 3. The lowest BCUT2D eigenvalue weighted by molar-refractivity contribution is 0.567. The van der Waals surface area contributed by atoms with Crippen LogP contribution in [0.5, 0.6) is 0 Å². The van der Waals surface area contributed by atoms with Crippen LogP contribution >= 0.6 is 47.8 Å². The second-order valence-corrected chi connectivity index (χ2v) is 20.8. The summed E-state index contributed by atoms with van der Waals surface area (Å²) in [5, 5.41) is 2.46. The third-order valence-electron chi connectivity index (χ3n) is 13.5. The lowest BCUT2D eigenvalue weighted by Crippen LogP contribution is -2.04. The van der Waals surface area contributed by atoms with Gasteiger partial charge in [0.1, 0.15) is 0 Å². The van der Waals surface area contributed by atoms with Gasteiger partial charge in [0.05, 0.1) is 36.4 Å². The largest absolute Gasteiger partial charge is 0.421 e. The van der Waals surface area contributed by atoms with E-state index in [0.717, 1.165) is 93.3 Å². The van der Waals surface area contributed by atoms with E-state index < -0.39 is 11.3 Å². The molecule has 73 heavy (non-hydrogen) atoms. The Morgan fingerprint density at radius 1 is 0.356 bits per heavy atom. The van der Waals surface area contributed by atoms with E-state index in [1.165, 1.54) is 0 Å². The number of aryl methyl sites for hydroxylation is 4. The Morgan fingerprint density at radius 3 is 1.48 bits per heavy atom. The van der Waals surface area contributed by atoms with Crippen molar-refractivity contribution in [2.45, 2.75) is 25.7 Å². The van der Waals surface area contributed by atoms with E-state index in [1.54, 1.807) is 0 Å². The smallest absolute Gasteiger partial charge is 0.345 e. The molecule has 0 bridgehead atoms. The predicted octanol–water partition coefficient (Wildman–Crippen LogP) is 16.6. The summed E-state index contributed by atoms with van der Waals surface area (Å²) >= 11 is 10.7. The lowest BCUT2D eigenvalue weighted by atomic mass is 9.87. The van der Waals surface area contributed by atoms with Crippen LogP contribution in [0.15, 0.2) is 226 Å². The third-order valence-corrected chi connectivity index (χ3v) is 15.2. The average molecular weight is 1140 g/mol. The summed E-state index contributed by atoms with van der Waals surface area (Å²) in [5.74, 6) is 0. The maximum atomic E-state index is 13.3. The molecule has 0 saturated carbocycles. The molecule has 10 heteroatoms. The SMILES string of the molecule is O=c1oc2c(Br)cccc2c2ncc(CCc3cc(CCc4cnc5c(c4)c(=O)oc4c(Br)cccc45)cc(-c4ccccc4-c4cnc(-c5cccc(Br)c5)cc4-c4ccc(-c5ccccc5)cc4)c3)cc12. The molecule has 0 radical (unpaired) electrons. The lowest BCUT2D eigenvalue weighted by Gasteiger charge is -2.18. The first-order chi connectivity index (χ1) is 35.7. The monoisotopic (exact) mass is 1140 g/mol. The quantitative estimate of drug-likeness (QED) is 0.0939. The molecular weight excluding hydrogens is 1100 g/mol. The molecule has 0 atom stereocenters. The molecule has 0 saturated heterocycles. The summed E-state index contributed by atoms with van der Waals surface area (Å²) in [4.78, 5) is 41.5. The van der Waals surface area contributed by atoms with Crippen LogP contribution in [0.2, 0.25) is 0 Å². The van der Waals surface area contributed by atoms with Gasteiger partial charge in [-0.3, -0.25) is 15.0 Å². The summed E-state index contributed by atoms with van der Waals surface area (Å²) in [6.07, 6.45) is 8.40. The van der Waals surface area contributed by atoms with Crippen molar-refractivity contribution >= 4 is 91.5 Å². The van der Waals surface area contributed by atoms with E-state index >= 15 is 0 Å².